The summed E-state index contributed by atoms with van der Waals surface area (Å²) in [6.07, 6.45) is 3.81. The maximum Gasteiger partial charge on any atom is 0.270 e. The number of hydrogen-bond donors (Lipinski definition) is 2. The van der Waals surface area contributed by atoms with E-state index in [4.69, 9.17) is 0 Å². The minimum atomic E-state index is -0.0964. The molecule has 1 fully saturated rings. The summed E-state index contributed by atoms with van der Waals surface area (Å²) in [6, 6.07) is 12.0. The molecule has 1 aromatic carbocycles. The lowest BCUT2D eigenvalue weighted by molar-refractivity contribution is 0.0946. The van der Waals surface area contributed by atoms with E-state index in [1.54, 1.807) is 12.3 Å². The molecule has 2 aromatic rings. The molecule has 0 atom stereocenters. The second-order valence-electron chi connectivity index (χ2n) is 5.12. The Kier molecular flexibility index (Phi) is 3.37. The van der Waals surface area contributed by atoms with Crippen molar-refractivity contribution in [3.63, 3.8) is 0 Å². The number of rotatable bonds is 4. The molecule has 3 rings (SSSR count). The highest BCUT2D eigenvalue weighted by molar-refractivity contribution is 5.93. The van der Waals surface area contributed by atoms with Gasteiger partial charge in [-0.3, -0.25) is 9.78 Å². The van der Waals surface area contributed by atoms with Crippen LogP contribution in [0.25, 0.3) is 0 Å². The van der Waals surface area contributed by atoms with Crippen molar-refractivity contribution < 1.29 is 4.79 Å². The minimum absolute atomic E-state index is 0.0964. The molecule has 1 amide bonds. The average molecular weight is 267 g/mol. The van der Waals surface area contributed by atoms with Crippen LogP contribution in [0.4, 0.5) is 11.4 Å². The van der Waals surface area contributed by atoms with E-state index in [0.717, 1.165) is 29.8 Å². The Morgan fingerprint density at radius 2 is 2.05 bits per heavy atom. The second-order valence-corrected chi connectivity index (χ2v) is 5.12. The van der Waals surface area contributed by atoms with Gasteiger partial charge in [0.15, 0.2) is 0 Å². The SMILES string of the molecule is Cc1ccccc1Nc1ccnc(C(=O)NC2CC2)c1. The Balaban J connectivity index is 1.77. The zero-order valence-electron chi connectivity index (χ0n) is 11.4. The van der Waals surface area contributed by atoms with E-state index in [1.165, 1.54) is 0 Å². The number of nitrogens with zero attached hydrogens (tertiary/aromatic N) is 1. The lowest BCUT2D eigenvalue weighted by Crippen LogP contribution is -2.26. The summed E-state index contributed by atoms with van der Waals surface area (Å²) >= 11 is 0. The van der Waals surface area contributed by atoms with Crippen molar-refractivity contribution in [3.05, 3.63) is 53.9 Å². The third-order valence-corrected chi connectivity index (χ3v) is 3.33. The molecule has 0 spiro atoms. The van der Waals surface area contributed by atoms with Crippen LogP contribution in [0.3, 0.4) is 0 Å². The van der Waals surface area contributed by atoms with Crippen molar-refractivity contribution in [1.29, 1.82) is 0 Å². The van der Waals surface area contributed by atoms with Crippen LogP contribution >= 0.6 is 0 Å². The van der Waals surface area contributed by atoms with Gasteiger partial charge in [-0.25, -0.2) is 0 Å². The molecule has 1 aromatic heterocycles. The highest BCUT2D eigenvalue weighted by Gasteiger charge is 2.24. The van der Waals surface area contributed by atoms with Gasteiger partial charge in [0.2, 0.25) is 0 Å². The van der Waals surface area contributed by atoms with Crippen molar-refractivity contribution in [2.24, 2.45) is 0 Å². The Labute approximate surface area is 118 Å². The minimum Gasteiger partial charge on any atom is -0.355 e. The van der Waals surface area contributed by atoms with Gasteiger partial charge in [0.1, 0.15) is 5.69 Å². The van der Waals surface area contributed by atoms with Gasteiger partial charge in [0.25, 0.3) is 5.91 Å². The zero-order chi connectivity index (χ0) is 13.9. The van der Waals surface area contributed by atoms with Gasteiger partial charge in [-0.05, 0) is 43.5 Å². The first-order valence-electron chi connectivity index (χ1n) is 6.82. The number of aromatic nitrogens is 1. The average Bonchev–Trinajstić information content (AvgIpc) is 3.26. The number of carbonyl (C=O) groups excluding carboxylic acids is 1. The second kappa shape index (κ2) is 5.33. The molecule has 0 saturated heterocycles. The molecule has 102 valence electrons. The maximum atomic E-state index is 12.0. The normalized spacial score (nSPS) is 13.8. The van der Waals surface area contributed by atoms with E-state index in [2.05, 4.69) is 15.6 Å². The third-order valence-electron chi connectivity index (χ3n) is 3.33. The molecule has 0 radical (unpaired) electrons. The molecule has 4 nitrogen and oxygen atoms in total. The van der Waals surface area contributed by atoms with Crippen LogP contribution in [-0.4, -0.2) is 16.9 Å². The highest BCUT2D eigenvalue weighted by Crippen LogP contribution is 2.21. The smallest absolute Gasteiger partial charge is 0.270 e. The number of anilines is 2. The van der Waals surface area contributed by atoms with Gasteiger partial charge in [-0.15, -0.1) is 0 Å². The molecule has 1 aliphatic rings. The van der Waals surface area contributed by atoms with Crippen LogP contribution in [0.5, 0.6) is 0 Å². The molecule has 0 aliphatic heterocycles. The summed E-state index contributed by atoms with van der Waals surface area (Å²) in [4.78, 5) is 16.1. The molecule has 2 N–H and O–H groups in total. The molecule has 1 heterocycles. The molecular weight excluding hydrogens is 250 g/mol. The Morgan fingerprint density at radius 3 is 2.80 bits per heavy atom. The van der Waals surface area contributed by atoms with Crippen LogP contribution in [0, 0.1) is 6.92 Å². The highest BCUT2D eigenvalue weighted by atomic mass is 16.2. The molecule has 20 heavy (non-hydrogen) atoms. The molecule has 0 unspecified atom stereocenters. The van der Waals surface area contributed by atoms with Gasteiger partial charge >= 0.3 is 0 Å². The number of carbonyl (C=O) groups is 1. The van der Waals surface area contributed by atoms with Crippen molar-refractivity contribution in [2.75, 3.05) is 5.32 Å². The summed E-state index contributed by atoms with van der Waals surface area (Å²) < 4.78 is 0. The number of amides is 1. The lowest BCUT2D eigenvalue weighted by atomic mass is 10.2. The Bertz CT molecular complexity index is 635. The first-order valence-corrected chi connectivity index (χ1v) is 6.82. The van der Waals surface area contributed by atoms with Gasteiger partial charge < -0.3 is 10.6 Å². The number of benzene rings is 1. The van der Waals surface area contributed by atoms with E-state index in [-0.39, 0.29) is 5.91 Å². The number of para-hydroxylation sites is 1. The van der Waals surface area contributed by atoms with Crippen LogP contribution in [0.15, 0.2) is 42.6 Å². The number of nitrogens with one attached hydrogen (secondary N) is 2. The predicted octanol–water partition coefficient (Wildman–Crippen LogP) is 3.03. The fourth-order valence-electron chi connectivity index (χ4n) is 1.99. The van der Waals surface area contributed by atoms with E-state index in [9.17, 15) is 4.79 Å². The van der Waals surface area contributed by atoms with Crippen molar-refractivity contribution in [1.82, 2.24) is 10.3 Å². The summed E-state index contributed by atoms with van der Waals surface area (Å²) in [5, 5.41) is 6.26. The molecule has 4 heteroatoms. The van der Waals surface area contributed by atoms with Crippen LogP contribution in [0.1, 0.15) is 28.9 Å². The summed E-state index contributed by atoms with van der Waals surface area (Å²) in [5.74, 6) is -0.0964. The van der Waals surface area contributed by atoms with Gasteiger partial charge in [0.05, 0.1) is 0 Å². The van der Waals surface area contributed by atoms with Crippen LogP contribution in [0.2, 0.25) is 0 Å². The van der Waals surface area contributed by atoms with Crippen molar-refractivity contribution in [3.8, 4) is 0 Å². The van der Waals surface area contributed by atoms with Crippen LogP contribution < -0.4 is 10.6 Å². The fraction of sp³-hybridized carbons (Fsp3) is 0.250. The Morgan fingerprint density at radius 1 is 1.25 bits per heavy atom. The number of aryl methyl sites for hydroxylation is 1. The maximum absolute atomic E-state index is 12.0. The monoisotopic (exact) mass is 267 g/mol. The lowest BCUT2D eigenvalue weighted by Gasteiger charge is -2.10. The molecule has 1 saturated carbocycles. The first-order chi connectivity index (χ1) is 9.72. The van der Waals surface area contributed by atoms with Gasteiger partial charge in [0, 0.05) is 23.6 Å². The summed E-state index contributed by atoms with van der Waals surface area (Å²) in [6.45, 7) is 2.05. The fourth-order valence-corrected chi connectivity index (χ4v) is 1.99. The van der Waals surface area contributed by atoms with Crippen molar-refractivity contribution in [2.45, 2.75) is 25.8 Å². The quantitative estimate of drug-likeness (QED) is 0.895. The summed E-state index contributed by atoms with van der Waals surface area (Å²) in [7, 11) is 0. The summed E-state index contributed by atoms with van der Waals surface area (Å²) in [5.41, 5.74) is 3.52. The van der Waals surface area contributed by atoms with Gasteiger partial charge in [-0.1, -0.05) is 18.2 Å². The molecule has 0 bridgehead atoms. The van der Waals surface area contributed by atoms with E-state index >= 15 is 0 Å². The standard InChI is InChI=1S/C16H17N3O/c1-11-4-2-3-5-14(11)18-13-8-9-17-15(10-13)16(20)19-12-6-7-12/h2-5,8-10,12H,6-7H2,1H3,(H,17,18)(H,19,20). The number of hydrogen-bond acceptors (Lipinski definition) is 3. The Hall–Kier alpha value is -2.36. The van der Waals surface area contributed by atoms with Gasteiger partial charge in [-0.2, -0.15) is 0 Å². The van der Waals surface area contributed by atoms with Crippen LogP contribution in [-0.2, 0) is 0 Å². The van der Waals surface area contributed by atoms with E-state index in [1.807, 2.05) is 37.3 Å². The topological polar surface area (TPSA) is 54.0 Å². The molecule has 1 aliphatic carbocycles. The van der Waals surface area contributed by atoms with E-state index < -0.39 is 0 Å². The molecular formula is C16H17N3O. The first kappa shape index (κ1) is 12.7. The van der Waals surface area contributed by atoms with Crippen molar-refractivity contribution >= 4 is 17.3 Å². The predicted molar refractivity (Wildman–Crippen MR) is 79.2 cm³/mol. The zero-order valence-corrected chi connectivity index (χ0v) is 11.4. The third kappa shape index (κ3) is 2.96. The number of pyridine rings is 1. The van der Waals surface area contributed by atoms with E-state index in [0.29, 0.717) is 11.7 Å². The largest absolute Gasteiger partial charge is 0.355 e.